The number of hydrogen-bond acceptors (Lipinski definition) is 4. The van der Waals surface area contributed by atoms with Crippen LogP contribution in [0.5, 0.6) is 0 Å². The molecule has 0 unspecified atom stereocenters. The van der Waals surface area contributed by atoms with Crippen LogP contribution in [0.3, 0.4) is 0 Å². The van der Waals surface area contributed by atoms with E-state index in [0.717, 1.165) is 28.7 Å². The molecule has 32 heavy (non-hydrogen) atoms. The van der Waals surface area contributed by atoms with Gasteiger partial charge in [0, 0.05) is 5.92 Å². The van der Waals surface area contributed by atoms with Gasteiger partial charge in [0.15, 0.2) is 5.92 Å². The lowest BCUT2D eigenvalue weighted by Gasteiger charge is -2.24. The van der Waals surface area contributed by atoms with E-state index < -0.39 is 17.9 Å². The zero-order valence-electron chi connectivity index (χ0n) is 17.9. The first-order valence-corrected chi connectivity index (χ1v) is 10.9. The summed E-state index contributed by atoms with van der Waals surface area (Å²) in [5, 5.41) is 0. The highest BCUT2D eigenvalue weighted by atomic mass is 16.6. The molecule has 3 aromatic carbocycles. The van der Waals surface area contributed by atoms with Crippen molar-refractivity contribution in [3.8, 4) is 0 Å². The molecule has 1 aliphatic rings. The number of hydrogen-bond donors (Lipinski definition) is 0. The maximum atomic E-state index is 13.2. The Hall–Kier alpha value is -3.66. The molecule has 0 radical (unpaired) electrons. The fraction of sp³-hybridized carbons (Fsp3) is 0.214. The largest absolute Gasteiger partial charge is 0.460 e. The van der Waals surface area contributed by atoms with Crippen molar-refractivity contribution in [2.24, 2.45) is 11.8 Å². The van der Waals surface area contributed by atoms with E-state index >= 15 is 0 Å². The van der Waals surface area contributed by atoms with Crippen LogP contribution >= 0.6 is 0 Å². The molecule has 0 bridgehead atoms. The summed E-state index contributed by atoms with van der Waals surface area (Å²) in [5.74, 6) is -2.36. The molecule has 0 saturated carbocycles. The minimum absolute atomic E-state index is 0.124. The second kappa shape index (κ2) is 10.6. The van der Waals surface area contributed by atoms with Crippen molar-refractivity contribution in [2.75, 3.05) is 0 Å². The Bertz CT molecular complexity index is 1000. The highest BCUT2D eigenvalue weighted by Crippen LogP contribution is 2.40. The summed E-state index contributed by atoms with van der Waals surface area (Å²) in [4.78, 5) is 26.4. The smallest absolute Gasteiger partial charge is 0.321 e. The maximum Gasteiger partial charge on any atom is 0.321 e. The summed E-state index contributed by atoms with van der Waals surface area (Å²) in [7, 11) is 0. The molecular formula is C28H26O4. The van der Waals surface area contributed by atoms with Gasteiger partial charge in [0.25, 0.3) is 0 Å². The molecule has 0 saturated heterocycles. The molecule has 0 amide bonds. The predicted molar refractivity (Wildman–Crippen MR) is 123 cm³/mol. The summed E-state index contributed by atoms with van der Waals surface area (Å²) in [6, 6.07) is 28.8. The topological polar surface area (TPSA) is 52.6 Å². The van der Waals surface area contributed by atoms with Gasteiger partial charge in [0.2, 0.25) is 0 Å². The summed E-state index contributed by atoms with van der Waals surface area (Å²) < 4.78 is 11.2. The number of rotatable bonds is 8. The molecule has 0 N–H and O–H groups in total. The lowest BCUT2D eigenvalue weighted by Crippen LogP contribution is -2.34. The van der Waals surface area contributed by atoms with E-state index in [9.17, 15) is 9.59 Å². The number of benzene rings is 3. The van der Waals surface area contributed by atoms with Crippen LogP contribution in [0, 0.1) is 11.8 Å². The fourth-order valence-electron chi connectivity index (χ4n) is 4.10. The van der Waals surface area contributed by atoms with Gasteiger partial charge < -0.3 is 9.47 Å². The van der Waals surface area contributed by atoms with Crippen molar-refractivity contribution in [3.05, 3.63) is 114 Å². The molecule has 1 aliphatic carbocycles. The molecule has 3 aromatic rings. The first-order chi connectivity index (χ1) is 15.7. The fourth-order valence-corrected chi connectivity index (χ4v) is 4.10. The molecule has 4 rings (SSSR count). The number of ether oxygens (including phenoxy) is 2. The lowest BCUT2D eigenvalue weighted by atomic mass is 9.83. The van der Waals surface area contributed by atoms with Gasteiger partial charge in [0.1, 0.15) is 13.2 Å². The summed E-state index contributed by atoms with van der Waals surface area (Å²) >= 11 is 0. The Morgan fingerprint density at radius 3 is 1.69 bits per heavy atom. The third kappa shape index (κ3) is 5.33. The highest BCUT2D eigenvalue weighted by molar-refractivity contribution is 5.97. The van der Waals surface area contributed by atoms with Crippen molar-refractivity contribution >= 4 is 17.5 Å². The molecule has 0 heterocycles. The van der Waals surface area contributed by atoms with Crippen LogP contribution in [0.4, 0.5) is 0 Å². The second-order valence-corrected chi connectivity index (χ2v) is 7.87. The van der Waals surface area contributed by atoms with Crippen molar-refractivity contribution < 1.29 is 19.1 Å². The molecule has 4 nitrogen and oxygen atoms in total. The van der Waals surface area contributed by atoms with Gasteiger partial charge in [-0.05, 0) is 35.1 Å². The molecule has 0 fully saturated rings. The monoisotopic (exact) mass is 426 g/mol. The quantitative estimate of drug-likeness (QED) is 0.348. The SMILES string of the molecule is O=C(OCc1ccccc1)C(C(=O)OCc1ccccc1)[C@H]1CCC=C1c1ccccc1. The van der Waals surface area contributed by atoms with Crippen molar-refractivity contribution in [1.82, 2.24) is 0 Å². The number of esters is 2. The maximum absolute atomic E-state index is 13.2. The van der Waals surface area contributed by atoms with Crippen molar-refractivity contribution in [3.63, 3.8) is 0 Å². The van der Waals surface area contributed by atoms with Gasteiger partial charge in [-0.25, -0.2) is 0 Å². The standard InChI is InChI=1S/C28H26O4/c29-27(31-19-21-11-4-1-5-12-21)26(28(30)32-20-22-13-6-2-7-14-22)25-18-10-17-24(25)23-15-8-3-9-16-23/h1-9,11-17,25-26H,10,18-20H2/t25-/m0/s1. The van der Waals surface area contributed by atoms with Crippen molar-refractivity contribution in [1.29, 1.82) is 0 Å². The molecule has 0 aromatic heterocycles. The van der Waals surface area contributed by atoms with Crippen molar-refractivity contribution in [2.45, 2.75) is 26.1 Å². The Morgan fingerprint density at radius 2 is 1.19 bits per heavy atom. The van der Waals surface area contributed by atoms with Crippen LogP contribution in [0.25, 0.3) is 5.57 Å². The zero-order valence-corrected chi connectivity index (χ0v) is 17.9. The summed E-state index contributed by atoms with van der Waals surface area (Å²) in [6.45, 7) is 0.248. The third-order valence-electron chi connectivity index (χ3n) is 5.71. The first kappa shape index (κ1) is 21.6. The third-order valence-corrected chi connectivity index (χ3v) is 5.71. The summed E-state index contributed by atoms with van der Waals surface area (Å²) in [6.07, 6.45) is 3.63. The van der Waals surface area contributed by atoms with Crippen LogP contribution in [0.15, 0.2) is 97.1 Å². The normalized spacial score (nSPS) is 15.3. The van der Waals surface area contributed by atoms with Gasteiger partial charge in [0.05, 0.1) is 0 Å². The highest BCUT2D eigenvalue weighted by Gasteiger charge is 2.41. The Kier molecular flexibility index (Phi) is 7.13. The van der Waals surface area contributed by atoms with Crippen LogP contribution in [0.2, 0.25) is 0 Å². The average molecular weight is 427 g/mol. The number of carbonyl (C=O) groups excluding carboxylic acids is 2. The molecule has 0 aliphatic heterocycles. The molecule has 0 spiro atoms. The lowest BCUT2D eigenvalue weighted by molar-refractivity contribution is -0.165. The molecule has 1 atom stereocenters. The van der Waals surface area contributed by atoms with E-state index in [2.05, 4.69) is 6.08 Å². The van der Waals surface area contributed by atoms with Crippen LogP contribution in [0.1, 0.15) is 29.5 Å². The Labute approximate surface area is 188 Å². The van der Waals surface area contributed by atoms with Crippen LogP contribution in [-0.2, 0) is 32.3 Å². The van der Waals surface area contributed by atoms with Crippen LogP contribution in [-0.4, -0.2) is 11.9 Å². The Balaban J connectivity index is 1.53. The Morgan fingerprint density at radius 1 is 0.719 bits per heavy atom. The second-order valence-electron chi connectivity index (χ2n) is 7.87. The van der Waals surface area contributed by atoms with E-state index in [4.69, 9.17) is 9.47 Å². The molecule has 4 heteroatoms. The van der Waals surface area contributed by atoms with Gasteiger partial charge in [-0.1, -0.05) is 97.1 Å². The predicted octanol–water partition coefficient (Wildman–Crippen LogP) is 5.58. The van der Waals surface area contributed by atoms with E-state index in [1.807, 2.05) is 91.0 Å². The minimum atomic E-state index is -1.00. The van der Waals surface area contributed by atoms with Gasteiger partial charge in [-0.2, -0.15) is 0 Å². The van der Waals surface area contributed by atoms with E-state index in [1.165, 1.54) is 0 Å². The van der Waals surface area contributed by atoms with Gasteiger partial charge in [-0.15, -0.1) is 0 Å². The number of carbonyl (C=O) groups is 2. The van der Waals surface area contributed by atoms with E-state index in [-0.39, 0.29) is 19.1 Å². The van der Waals surface area contributed by atoms with Gasteiger partial charge >= 0.3 is 11.9 Å². The van der Waals surface area contributed by atoms with Crippen LogP contribution < -0.4 is 0 Å². The first-order valence-electron chi connectivity index (χ1n) is 10.9. The molecular weight excluding hydrogens is 400 g/mol. The van der Waals surface area contributed by atoms with Gasteiger partial charge in [-0.3, -0.25) is 9.59 Å². The van der Waals surface area contributed by atoms with E-state index in [0.29, 0.717) is 6.42 Å². The average Bonchev–Trinajstić information content (AvgIpc) is 3.33. The zero-order chi connectivity index (χ0) is 22.2. The molecule has 162 valence electrons. The minimum Gasteiger partial charge on any atom is -0.460 e. The van der Waals surface area contributed by atoms with E-state index in [1.54, 1.807) is 0 Å². The number of allylic oxidation sites excluding steroid dienone is 2. The summed E-state index contributed by atoms with van der Waals surface area (Å²) in [5.41, 5.74) is 3.78.